The molecule has 0 saturated carbocycles. The number of nitrogens with zero attached hydrogens (tertiary/aromatic N) is 4. The zero-order valence-electron chi connectivity index (χ0n) is 13.5. The molecule has 0 bridgehead atoms. The smallest absolute Gasteiger partial charge is 0.307 e. The lowest BCUT2D eigenvalue weighted by Crippen LogP contribution is -2.30. The number of ether oxygens (including phenoxy) is 1. The van der Waals surface area contributed by atoms with Crippen LogP contribution < -0.4 is 5.32 Å². The number of esters is 1. The molecule has 0 fully saturated rings. The molecule has 0 radical (unpaired) electrons. The Hall–Kier alpha value is -2.42. The Labute approximate surface area is 144 Å². The minimum absolute atomic E-state index is 0.0899. The third-order valence-corrected chi connectivity index (χ3v) is 4.29. The van der Waals surface area contributed by atoms with E-state index < -0.39 is 6.04 Å². The van der Waals surface area contributed by atoms with E-state index in [-0.39, 0.29) is 18.3 Å². The van der Waals surface area contributed by atoms with Crippen molar-refractivity contribution in [2.45, 2.75) is 24.0 Å². The maximum absolute atomic E-state index is 12.2. The first kappa shape index (κ1) is 17.9. The normalized spacial score (nSPS) is 11.8. The average Bonchev–Trinajstić information content (AvgIpc) is 3.00. The van der Waals surface area contributed by atoms with Gasteiger partial charge in [-0.25, -0.2) is 4.68 Å². The van der Waals surface area contributed by atoms with Gasteiger partial charge in [0.1, 0.15) is 0 Å². The highest BCUT2D eigenvalue weighted by atomic mass is 32.2. The third kappa shape index (κ3) is 5.34. The zero-order valence-corrected chi connectivity index (χ0v) is 14.3. The molecule has 8 nitrogen and oxygen atoms in total. The van der Waals surface area contributed by atoms with Gasteiger partial charge in [0.05, 0.1) is 19.6 Å². The van der Waals surface area contributed by atoms with Gasteiger partial charge in [0.2, 0.25) is 11.1 Å². The second kappa shape index (κ2) is 9.02. The molecule has 1 aromatic carbocycles. The number of nitrogens with one attached hydrogen (secondary N) is 1. The summed E-state index contributed by atoms with van der Waals surface area (Å²) in [5, 5.41) is 14.6. The summed E-state index contributed by atoms with van der Waals surface area (Å²) in [6.07, 6.45) is 0.384. The Balaban J connectivity index is 1.89. The van der Waals surface area contributed by atoms with Crippen molar-refractivity contribution in [2.24, 2.45) is 7.05 Å². The van der Waals surface area contributed by atoms with Gasteiger partial charge in [-0.2, -0.15) is 0 Å². The number of aryl methyl sites for hydroxylation is 1. The minimum atomic E-state index is -0.410. The average molecular weight is 349 g/mol. The van der Waals surface area contributed by atoms with Crippen molar-refractivity contribution in [2.75, 3.05) is 12.9 Å². The van der Waals surface area contributed by atoms with Gasteiger partial charge in [-0.15, -0.1) is 5.10 Å². The van der Waals surface area contributed by atoms with Crippen molar-refractivity contribution in [3.8, 4) is 0 Å². The lowest BCUT2D eigenvalue weighted by Gasteiger charge is -2.18. The number of hydrogen-bond donors (Lipinski definition) is 1. The van der Waals surface area contributed by atoms with Crippen LogP contribution in [0.3, 0.4) is 0 Å². The molecule has 0 aliphatic rings. The number of thioether (sulfide) groups is 1. The summed E-state index contributed by atoms with van der Waals surface area (Å²) in [5.74, 6) is 0.0267. The summed E-state index contributed by atoms with van der Waals surface area (Å²) in [6, 6.07) is 8.94. The van der Waals surface area contributed by atoms with Crippen LogP contribution in [0.5, 0.6) is 0 Å². The summed E-state index contributed by atoms with van der Waals surface area (Å²) in [7, 11) is 3.07. The van der Waals surface area contributed by atoms with Gasteiger partial charge in [0.15, 0.2) is 0 Å². The number of methoxy groups -OCH3 is 1. The fourth-order valence-corrected chi connectivity index (χ4v) is 2.82. The van der Waals surface area contributed by atoms with Gasteiger partial charge < -0.3 is 10.1 Å². The van der Waals surface area contributed by atoms with E-state index in [0.29, 0.717) is 17.3 Å². The van der Waals surface area contributed by atoms with Gasteiger partial charge in [0, 0.05) is 19.2 Å². The van der Waals surface area contributed by atoms with Gasteiger partial charge in [-0.3, -0.25) is 9.59 Å². The summed E-state index contributed by atoms with van der Waals surface area (Å²) in [6.45, 7) is 0. The van der Waals surface area contributed by atoms with Crippen LogP contribution >= 0.6 is 11.8 Å². The van der Waals surface area contributed by atoms with E-state index in [4.69, 9.17) is 4.74 Å². The molecule has 0 aliphatic heterocycles. The van der Waals surface area contributed by atoms with E-state index >= 15 is 0 Å². The van der Waals surface area contributed by atoms with Crippen molar-refractivity contribution in [3.63, 3.8) is 0 Å². The Morgan fingerprint density at radius 2 is 2.08 bits per heavy atom. The first-order valence-electron chi connectivity index (χ1n) is 7.36. The molecule has 1 N–H and O–H groups in total. The second-order valence-electron chi connectivity index (χ2n) is 4.99. The SMILES string of the molecule is COC(=O)CC(NC(=O)CCSc1nnnn1C)c1ccccc1. The number of aromatic nitrogens is 4. The van der Waals surface area contributed by atoms with Crippen LogP contribution in [0.25, 0.3) is 0 Å². The summed E-state index contributed by atoms with van der Waals surface area (Å²) < 4.78 is 6.26. The van der Waals surface area contributed by atoms with Crippen LogP contribution in [0.1, 0.15) is 24.4 Å². The highest BCUT2D eigenvalue weighted by Crippen LogP contribution is 2.18. The molecule has 128 valence electrons. The van der Waals surface area contributed by atoms with Crippen LogP contribution in [0.15, 0.2) is 35.5 Å². The number of hydrogen-bond acceptors (Lipinski definition) is 7. The number of tetrazole rings is 1. The topological polar surface area (TPSA) is 99.0 Å². The quantitative estimate of drug-likeness (QED) is 0.563. The van der Waals surface area contributed by atoms with Crippen molar-refractivity contribution in [3.05, 3.63) is 35.9 Å². The molecule has 2 rings (SSSR count). The standard InChI is InChI=1S/C15H19N5O3S/c1-20-15(17-18-19-20)24-9-8-13(21)16-12(10-14(22)23-2)11-6-4-3-5-7-11/h3-7,12H,8-10H2,1-2H3,(H,16,21). The minimum Gasteiger partial charge on any atom is -0.469 e. The summed E-state index contributed by atoms with van der Waals surface area (Å²) in [5.41, 5.74) is 0.862. The molecule has 1 heterocycles. The molecule has 9 heteroatoms. The van der Waals surface area contributed by atoms with E-state index in [2.05, 4.69) is 20.8 Å². The Bertz CT molecular complexity index is 677. The van der Waals surface area contributed by atoms with Crippen molar-refractivity contribution >= 4 is 23.6 Å². The van der Waals surface area contributed by atoms with Gasteiger partial charge in [-0.05, 0) is 16.0 Å². The first-order valence-corrected chi connectivity index (χ1v) is 8.35. The molecule has 1 aromatic heterocycles. The fraction of sp³-hybridized carbons (Fsp3) is 0.400. The monoisotopic (exact) mass is 349 g/mol. The van der Waals surface area contributed by atoms with Crippen molar-refractivity contribution in [1.29, 1.82) is 0 Å². The second-order valence-corrected chi connectivity index (χ2v) is 6.06. The molecule has 1 amide bonds. The predicted molar refractivity (Wildman–Crippen MR) is 88.1 cm³/mol. The van der Waals surface area contributed by atoms with Crippen molar-refractivity contribution < 1.29 is 14.3 Å². The van der Waals surface area contributed by atoms with Crippen molar-refractivity contribution in [1.82, 2.24) is 25.5 Å². The van der Waals surface area contributed by atoms with E-state index in [1.807, 2.05) is 30.3 Å². The maximum atomic E-state index is 12.2. The number of benzene rings is 1. The number of carbonyl (C=O) groups excluding carboxylic acids is 2. The lowest BCUT2D eigenvalue weighted by atomic mass is 10.0. The Morgan fingerprint density at radius 3 is 2.71 bits per heavy atom. The van der Waals surface area contributed by atoms with E-state index in [1.54, 1.807) is 11.7 Å². The highest BCUT2D eigenvalue weighted by molar-refractivity contribution is 7.99. The van der Waals surface area contributed by atoms with Crippen LogP contribution in [0.4, 0.5) is 0 Å². The molecule has 0 saturated heterocycles. The Kier molecular flexibility index (Phi) is 6.74. The highest BCUT2D eigenvalue weighted by Gasteiger charge is 2.18. The fourth-order valence-electron chi connectivity index (χ4n) is 2.03. The van der Waals surface area contributed by atoms with Gasteiger partial charge in [0.25, 0.3) is 0 Å². The summed E-state index contributed by atoms with van der Waals surface area (Å²) in [4.78, 5) is 23.8. The molecule has 0 aliphatic carbocycles. The van der Waals surface area contributed by atoms with Crippen LogP contribution in [0.2, 0.25) is 0 Å². The first-order chi connectivity index (χ1) is 11.6. The molecule has 2 aromatic rings. The molecule has 0 spiro atoms. The van der Waals surface area contributed by atoms with Crippen LogP contribution in [0, 0.1) is 0 Å². The maximum Gasteiger partial charge on any atom is 0.307 e. The molecule has 24 heavy (non-hydrogen) atoms. The molecule has 1 atom stereocenters. The number of amides is 1. The largest absolute Gasteiger partial charge is 0.469 e. The van der Waals surface area contributed by atoms with E-state index in [0.717, 1.165) is 5.56 Å². The predicted octanol–water partition coefficient (Wildman–Crippen LogP) is 1.11. The Morgan fingerprint density at radius 1 is 1.33 bits per heavy atom. The third-order valence-electron chi connectivity index (χ3n) is 3.28. The van der Waals surface area contributed by atoms with Gasteiger partial charge in [-0.1, -0.05) is 42.1 Å². The molecule has 1 unspecified atom stereocenters. The van der Waals surface area contributed by atoms with E-state index in [9.17, 15) is 9.59 Å². The molecular weight excluding hydrogens is 330 g/mol. The lowest BCUT2D eigenvalue weighted by molar-refractivity contribution is -0.141. The van der Waals surface area contributed by atoms with E-state index in [1.165, 1.54) is 18.9 Å². The zero-order chi connectivity index (χ0) is 17.4. The number of carbonyl (C=O) groups is 2. The summed E-state index contributed by atoms with van der Waals surface area (Å²) >= 11 is 1.40. The van der Waals surface area contributed by atoms with Crippen LogP contribution in [-0.4, -0.2) is 44.9 Å². The number of rotatable bonds is 8. The van der Waals surface area contributed by atoms with Crippen LogP contribution in [-0.2, 0) is 21.4 Å². The molecular formula is C15H19N5O3S. The van der Waals surface area contributed by atoms with Gasteiger partial charge >= 0.3 is 5.97 Å².